The van der Waals surface area contributed by atoms with Crippen LogP contribution in [0.5, 0.6) is 0 Å². The van der Waals surface area contributed by atoms with Gasteiger partial charge in [0.05, 0.1) is 19.1 Å². The van der Waals surface area contributed by atoms with Crippen LogP contribution in [0.15, 0.2) is 0 Å². The van der Waals surface area contributed by atoms with Crippen molar-refractivity contribution < 1.29 is 9.90 Å². The Kier molecular flexibility index (Phi) is 3.43. The maximum Gasteiger partial charge on any atom is 0.317 e. The van der Waals surface area contributed by atoms with E-state index in [1.807, 2.05) is 9.58 Å². The highest BCUT2D eigenvalue weighted by atomic mass is 16.4. The molecule has 3 rings (SSSR count). The first-order valence-corrected chi connectivity index (χ1v) is 6.65. The molecular weight excluding hydrogens is 248 g/mol. The Morgan fingerprint density at radius 1 is 1.21 bits per heavy atom. The van der Waals surface area contributed by atoms with Gasteiger partial charge < -0.3 is 5.11 Å². The van der Waals surface area contributed by atoms with Crippen molar-refractivity contribution in [2.75, 3.05) is 32.7 Å². The fraction of sp³-hybridized carbons (Fsp3) is 0.818. The first-order chi connectivity index (χ1) is 9.22. The highest BCUT2D eigenvalue weighted by Gasteiger charge is 2.28. The van der Waals surface area contributed by atoms with Crippen molar-refractivity contribution in [2.24, 2.45) is 0 Å². The molecule has 1 aromatic heterocycles. The predicted octanol–water partition coefficient (Wildman–Crippen LogP) is -0.790. The minimum Gasteiger partial charge on any atom is -0.480 e. The molecule has 0 amide bonds. The Morgan fingerprint density at radius 2 is 1.89 bits per heavy atom. The summed E-state index contributed by atoms with van der Waals surface area (Å²) in [5.74, 6) is 0.167. The molecule has 2 fully saturated rings. The fourth-order valence-electron chi connectivity index (χ4n) is 2.42. The average Bonchev–Trinajstić information content (AvgIpc) is 3.12. The largest absolute Gasteiger partial charge is 0.480 e. The molecule has 0 atom stereocenters. The highest BCUT2D eigenvalue weighted by molar-refractivity contribution is 5.69. The van der Waals surface area contributed by atoms with E-state index >= 15 is 0 Å². The van der Waals surface area contributed by atoms with Gasteiger partial charge in [-0.3, -0.25) is 14.6 Å². The van der Waals surface area contributed by atoms with E-state index < -0.39 is 5.97 Å². The second-order valence-corrected chi connectivity index (χ2v) is 5.22. The first kappa shape index (κ1) is 12.5. The van der Waals surface area contributed by atoms with Crippen molar-refractivity contribution in [2.45, 2.75) is 25.4 Å². The third kappa shape index (κ3) is 3.07. The number of aromatic nitrogens is 4. The standard InChI is InChI=1S/C11H18N6O2/c18-11(19)8-16-5-3-15(4-6-16)7-10-12-13-14-17(10)9-1-2-9/h9H,1-8H2,(H,18,19). The number of nitrogens with zero attached hydrogens (tertiary/aromatic N) is 6. The lowest BCUT2D eigenvalue weighted by molar-refractivity contribution is -0.138. The van der Waals surface area contributed by atoms with Crippen LogP contribution in [-0.2, 0) is 11.3 Å². The second kappa shape index (κ2) is 5.22. The normalized spacial score (nSPS) is 21.7. The molecule has 1 N–H and O–H groups in total. The molecule has 0 spiro atoms. The topological polar surface area (TPSA) is 87.4 Å². The Labute approximate surface area is 111 Å². The molecule has 0 radical (unpaired) electrons. The Balaban J connectivity index is 1.51. The summed E-state index contributed by atoms with van der Waals surface area (Å²) in [5, 5.41) is 20.6. The number of carboxylic acids is 1. The molecule has 0 unspecified atom stereocenters. The van der Waals surface area contributed by atoms with Crippen LogP contribution >= 0.6 is 0 Å². The molecule has 8 heteroatoms. The molecule has 2 aliphatic rings. The summed E-state index contributed by atoms with van der Waals surface area (Å²) < 4.78 is 1.93. The summed E-state index contributed by atoms with van der Waals surface area (Å²) in [6.45, 7) is 4.20. The number of carboxylic acid groups (broad SMARTS) is 1. The van der Waals surface area contributed by atoms with Gasteiger partial charge in [-0.1, -0.05) is 0 Å². The number of tetrazole rings is 1. The van der Waals surface area contributed by atoms with Gasteiger partial charge in [-0.15, -0.1) is 5.10 Å². The Morgan fingerprint density at radius 3 is 2.53 bits per heavy atom. The molecule has 0 bridgehead atoms. The number of rotatable bonds is 5. The zero-order valence-corrected chi connectivity index (χ0v) is 10.8. The lowest BCUT2D eigenvalue weighted by Crippen LogP contribution is -2.47. The van der Waals surface area contributed by atoms with E-state index in [1.165, 1.54) is 12.8 Å². The summed E-state index contributed by atoms with van der Waals surface area (Å²) in [7, 11) is 0. The monoisotopic (exact) mass is 266 g/mol. The van der Waals surface area contributed by atoms with Gasteiger partial charge in [-0.05, 0) is 23.3 Å². The third-order valence-corrected chi connectivity index (χ3v) is 3.64. The van der Waals surface area contributed by atoms with Gasteiger partial charge >= 0.3 is 5.97 Å². The van der Waals surface area contributed by atoms with Crippen LogP contribution < -0.4 is 0 Å². The van der Waals surface area contributed by atoms with Crippen LogP contribution in [0.25, 0.3) is 0 Å². The van der Waals surface area contributed by atoms with Crippen LogP contribution in [0, 0.1) is 0 Å². The fourth-order valence-corrected chi connectivity index (χ4v) is 2.42. The van der Waals surface area contributed by atoms with Gasteiger partial charge in [0.15, 0.2) is 5.82 Å². The van der Waals surface area contributed by atoms with E-state index in [2.05, 4.69) is 20.4 Å². The van der Waals surface area contributed by atoms with E-state index in [9.17, 15) is 4.79 Å². The SMILES string of the molecule is O=C(O)CN1CCN(Cc2nnnn2C2CC2)CC1. The summed E-state index contributed by atoms with van der Waals surface area (Å²) >= 11 is 0. The molecule has 19 heavy (non-hydrogen) atoms. The van der Waals surface area contributed by atoms with E-state index in [1.54, 1.807) is 0 Å². The molecule has 1 saturated heterocycles. The second-order valence-electron chi connectivity index (χ2n) is 5.22. The van der Waals surface area contributed by atoms with E-state index in [4.69, 9.17) is 5.11 Å². The zero-order chi connectivity index (χ0) is 13.2. The van der Waals surface area contributed by atoms with Crippen LogP contribution in [0.4, 0.5) is 0 Å². The number of carbonyl (C=O) groups is 1. The van der Waals surface area contributed by atoms with Gasteiger partial charge in [-0.25, -0.2) is 4.68 Å². The van der Waals surface area contributed by atoms with Crippen LogP contribution in [0.1, 0.15) is 24.7 Å². The lowest BCUT2D eigenvalue weighted by atomic mass is 10.3. The summed E-state index contributed by atoms with van der Waals surface area (Å²) in [4.78, 5) is 14.9. The van der Waals surface area contributed by atoms with Gasteiger partial charge in [0.25, 0.3) is 0 Å². The van der Waals surface area contributed by atoms with Gasteiger partial charge in [0, 0.05) is 26.2 Å². The number of piperazine rings is 1. The van der Waals surface area contributed by atoms with Crippen molar-refractivity contribution in [3.63, 3.8) is 0 Å². The molecule has 1 aliphatic carbocycles. The van der Waals surface area contributed by atoms with Crippen LogP contribution in [0.3, 0.4) is 0 Å². The maximum atomic E-state index is 10.6. The molecule has 1 saturated carbocycles. The van der Waals surface area contributed by atoms with Crippen molar-refractivity contribution >= 4 is 5.97 Å². The lowest BCUT2D eigenvalue weighted by Gasteiger charge is -2.33. The van der Waals surface area contributed by atoms with Crippen molar-refractivity contribution in [1.82, 2.24) is 30.0 Å². The minimum atomic E-state index is -0.758. The minimum absolute atomic E-state index is 0.133. The number of hydrogen-bond donors (Lipinski definition) is 1. The van der Waals surface area contributed by atoms with Gasteiger partial charge in [0.1, 0.15) is 0 Å². The third-order valence-electron chi connectivity index (χ3n) is 3.64. The maximum absolute atomic E-state index is 10.6. The molecule has 1 aromatic rings. The smallest absolute Gasteiger partial charge is 0.317 e. The molecular formula is C11H18N6O2. The molecule has 8 nitrogen and oxygen atoms in total. The Hall–Kier alpha value is -1.54. The van der Waals surface area contributed by atoms with E-state index in [0.29, 0.717) is 6.04 Å². The van der Waals surface area contributed by atoms with E-state index in [-0.39, 0.29) is 6.54 Å². The Bertz CT molecular complexity index is 450. The average molecular weight is 266 g/mol. The molecule has 2 heterocycles. The first-order valence-electron chi connectivity index (χ1n) is 6.65. The number of aliphatic carboxylic acids is 1. The highest BCUT2D eigenvalue weighted by Crippen LogP contribution is 2.34. The quantitative estimate of drug-likeness (QED) is 0.747. The van der Waals surface area contributed by atoms with E-state index in [0.717, 1.165) is 38.5 Å². The van der Waals surface area contributed by atoms with Gasteiger partial charge in [0.2, 0.25) is 0 Å². The van der Waals surface area contributed by atoms with Crippen molar-refractivity contribution in [1.29, 1.82) is 0 Å². The molecule has 0 aromatic carbocycles. The zero-order valence-electron chi connectivity index (χ0n) is 10.8. The molecule has 1 aliphatic heterocycles. The number of hydrogen-bond acceptors (Lipinski definition) is 6. The van der Waals surface area contributed by atoms with Crippen LogP contribution in [0.2, 0.25) is 0 Å². The van der Waals surface area contributed by atoms with Crippen LogP contribution in [-0.4, -0.2) is 73.8 Å². The summed E-state index contributed by atoms with van der Waals surface area (Å²) in [6, 6.07) is 0.498. The summed E-state index contributed by atoms with van der Waals surface area (Å²) in [5.41, 5.74) is 0. The van der Waals surface area contributed by atoms with Crippen molar-refractivity contribution in [3.05, 3.63) is 5.82 Å². The van der Waals surface area contributed by atoms with Crippen molar-refractivity contribution in [3.8, 4) is 0 Å². The van der Waals surface area contributed by atoms with Gasteiger partial charge in [-0.2, -0.15) is 0 Å². The molecule has 104 valence electrons. The predicted molar refractivity (Wildman–Crippen MR) is 65.4 cm³/mol. The summed E-state index contributed by atoms with van der Waals surface area (Å²) in [6.07, 6.45) is 2.34.